The van der Waals surface area contributed by atoms with Crippen LogP contribution in [0, 0.1) is 11.8 Å². The first-order valence-corrected chi connectivity index (χ1v) is 16.6. The fourth-order valence-corrected chi connectivity index (χ4v) is 5.00. The minimum atomic E-state index is -0.423. The summed E-state index contributed by atoms with van der Waals surface area (Å²) >= 11 is 0. The standard InChI is InChI=1S/C36H52O10/c1-5-29(45-35(39)27-13-17-31(18-14-27)41-23-9-11-25-43-33(37)7-3)21-22-30(6-2)46-36(40)28-15-19-32(20-16-28)42-24-10-12-26-44-34(38)8-4/h7-8,13,17,21-22,27-28,31-32H,3-6,9-12,14-16,18-20,23-26H2,1-2H3/b29-21+,30-22+. The molecule has 0 radical (unpaired) electrons. The fraction of sp³-hybridized carbons (Fsp3) is 0.611. The predicted molar refractivity (Wildman–Crippen MR) is 173 cm³/mol. The number of carbonyl (C=O) groups excluding carboxylic acids is 4. The number of ether oxygens (including phenoxy) is 6. The first-order chi connectivity index (χ1) is 22.3. The molecule has 0 aromatic heterocycles. The maximum atomic E-state index is 12.9. The first kappa shape index (κ1) is 38.7. The Kier molecular flexibility index (Phi) is 19.3. The molecular formula is C36H52O10. The molecule has 0 aromatic rings. The van der Waals surface area contributed by atoms with E-state index in [9.17, 15) is 19.2 Å². The Hall–Kier alpha value is -3.50. The predicted octanol–water partition coefficient (Wildman–Crippen LogP) is 6.61. The summed E-state index contributed by atoms with van der Waals surface area (Å²) in [5, 5.41) is 0. The topological polar surface area (TPSA) is 124 Å². The molecule has 1 fully saturated rings. The minimum Gasteiger partial charge on any atom is -0.463 e. The number of esters is 4. The fourth-order valence-electron chi connectivity index (χ4n) is 5.00. The Balaban J connectivity index is 1.70. The maximum Gasteiger partial charge on any atom is 0.330 e. The molecule has 0 bridgehead atoms. The van der Waals surface area contributed by atoms with Gasteiger partial charge in [0.15, 0.2) is 0 Å². The van der Waals surface area contributed by atoms with Crippen LogP contribution in [0.1, 0.15) is 90.9 Å². The third-order valence-electron chi connectivity index (χ3n) is 7.83. The van der Waals surface area contributed by atoms with Gasteiger partial charge in [-0.15, -0.1) is 0 Å². The number of hydrogen-bond donors (Lipinski definition) is 0. The number of unbranched alkanes of at least 4 members (excludes halogenated alkanes) is 2. The Bertz CT molecular complexity index is 1080. The lowest BCUT2D eigenvalue weighted by Crippen LogP contribution is -2.27. The second kappa shape index (κ2) is 22.9. The summed E-state index contributed by atoms with van der Waals surface area (Å²) in [7, 11) is 0. The Morgan fingerprint density at radius 2 is 1.17 bits per heavy atom. The second-order valence-electron chi connectivity index (χ2n) is 11.3. The molecule has 0 N–H and O–H groups in total. The molecule has 0 spiro atoms. The molecule has 0 amide bonds. The SMILES string of the molecule is C=CC(=O)OCCCCOC1C=CC(C(=O)O/C(=C/C=C(\CC)OC(=O)C2CCC(OCCCCOC(=O)C=C)CC2)CC)CC1. The second-order valence-corrected chi connectivity index (χ2v) is 11.3. The van der Waals surface area contributed by atoms with Crippen molar-refractivity contribution in [3.63, 3.8) is 0 Å². The minimum absolute atomic E-state index is 0.0553. The van der Waals surface area contributed by atoms with Crippen LogP contribution in [0.5, 0.6) is 0 Å². The van der Waals surface area contributed by atoms with Crippen LogP contribution in [-0.2, 0) is 47.6 Å². The maximum absolute atomic E-state index is 12.9. The molecule has 2 atom stereocenters. The highest BCUT2D eigenvalue weighted by atomic mass is 16.5. The van der Waals surface area contributed by atoms with Gasteiger partial charge in [-0.3, -0.25) is 9.59 Å². The third-order valence-corrected chi connectivity index (χ3v) is 7.83. The summed E-state index contributed by atoms with van der Waals surface area (Å²) in [4.78, 5) is 47.8. The molecule has 0 aromatic carbocycles. The van der Waals surface area contributed by atoms with Gasteiger partial charge >= 0.3 is 23.9 Å². The number of rotatable bonds is 21. The molecule has 0 saturated heterocycles. The molecule has 0 heterocycles. The monoisotopic (exact) mass is 644 g/mol. The van der Waals surface area contributed by atoms with Gasteiger partial charge in [-0.2, -0.15) is 0 Å². The van der Waals surface area contributed by atoms with Crippen LogP contribution in [0.2, 0.25) is 0 Å². The van der Waals surface area contributed by atoms with Crippen molar-refractivity contribution in [2.24, 2.45) is 11.8 Å². The van der Waals surface area contributed by atoms with Crippen molar-refractivity contribution in [1.29, 1.82) is 0 Å². The van der Waals surface area contributed by atoms with Crippen LogP contribution in [-0.4, -0.2) is 62.5 Å². The molecule has 256 valence electrons. The first-order valence-electron chi connectivity index (χ1n) is 16.6. The number of carbonyl (C=O) groups is 4. The molecule has 10 heteroatoms. The van der Waals surface area contributed by atoms with Gasteiger partial charge in [-0.1, -0.05) is 39.2 Å². The molecule has 10 nitrogen and oxygen atoms in total. The van der Waals surface area contributed by atoms with E-state index >= 15 is 0 Å². The van der Waals surface area contributed by atoms with Crippen LogP contribution in [0.25, 0.3) is 0 Å². The van der Waals surface area contributed by atoms with Gasteiger partial charge < -0.3 is 28.4 Å². The van der Waals surface area contributed by atoms with E-state index in [1.807, 2.05) is 26.0 Å². The van der Waals surface area contributed by atoms with Crippen molar-refractivity contribution >= 4 is 23.9 Å². The van der Waals surface area contributed by atoms with Gasteiger partial charge in [0, 0.05) is 38.2 Å². The van der Waals surface area contributed by atoms with Gasteiger partial charge in [0.25, 0.3) is 0 Å². The van der Waals surface area contributed by atoms with E-state index in [1.54, 1.807) is 12.2 Å². The summed E-state index contributed by atoms with van der Waals surface area (Å²) in [5.41, 5.74) is 0. The zero-order chi connectivity index (χ0) is 33.6. The quantitative estimate of drug-likeness (QED) is 0.0257. The summed E-state index contributed by atoms with van der Waals surface area (Å²) < 4.78 is 33.1. The van der Waals surface area contributed by atoms with Crippen molar-refractivity contribution in [1.82, 2.24) is 0 Å². The zero-order valence-corrected chi connectivity index (χ0v) is 27.6. The van der Waals surface area contributed by atoms with Gasteiger partial charge in [0.2, 0.25) is 0 Å². The van der Waals surface area contributed by atoms with Crippen molar-refractivity contribution in [2.75, 3.05) is 26.4 Å². The van der Waals surface area contributed by atoms with Crippen molar-refractivity contribution in [2.45, 2.75) is 103 Å². The molecule has 2 unspecified atom stereocenters. The number of allylic oxidation sites excluding steroid dienone is 4. The highest BCUT2D eigenvalue weighted by Crippen LogP contribution is 2.28. The highest BCUT2D eigenvalue weighted by molar-refractivity contribution is 5.81. The molecule has 2 rings (SSSR count). The lowest BCUT2D eigenvalue weighted by atomic mass is 9.87. The Morgan fingerprint density at radius 3 is 1.67 bits per heavy atom. The zero-order valence-electron chi connectivity index (χ0n) is 27.6. The van der Waals surface area contributed by atoms with E-state index in [1.165, 1.54) is 0 Å². The average molecular weight is 645 g/mol. The van der Waals surface area contributed by atoms with Crippen LogP contribution >= 0.6 is 0 Å². The Morgan fingerprint density at radius 1 is 0.652 bits per heavy atom. The van der Waals surface area contributed by atoms with E-state index < -0.39 is 11.9 Å². The lowest BCUT2D eigenvalue weighted by Gasteiger charge is -2.27. The van der Waals surface area contributed by atoms with Crippen LogP contribution < -0.4 is 0 Å². The third kappa shape index (κ3) is 15.7. The lowest BCUT2D eigenvalue weighted by molar-refractivity contribution is -0.147. The summed E-state index contributed by atoms with van der Waals surface area (Å²) in [5.74, 6) is -0.873. The molecular weight excluding hydrogens is 592 g/mol. The van der Waals surface area contributed by atoms with Gasteiger partial charge in [-0.05, 0) is 76.4 Å². The van der Waals surface area contributed by atoms with E-state index in [2.05, 4.69) is 13.2 Å². The smallest absolute Gasteiger partial charge is 0.330 e. The van der Waals surface area contributed by atoms with E-state index in [-0.39, 0.29) is 36.0 Å². The molecule has 1 saturated carbocycles. The summed E-state index contributed by atoms with van der Waals surface area (Å²) in [6, 6.07) is 0. The van der Waals surface area contributed by atoms with E-state index in [4.69, 9.17) is 28.4 Å². The van der Waals surface area contributed by atoms with Gasteiger partial charge in [0.1, 0.15) is 11.5 Å². The summed E-state index contributed by atoms with van der Waals surface area (Å²) in [6.45, 7) is 12.4. The normalized spacial score (nSPS) is 21.6. The van der Waals surface area contributed by atoms with E-state index in [0.717, 1.165) is 44.3 Å². The van der Waals surface area contributed by atoms with Crippen LogP contribution in [0.3, 0.4) is 0 Å². The summed E-state index contributed by atoms with van der Waals surface area (Å²) in [6.07, 6.45) is 17.9. The molecule has 0 aliphatic heterocycles. The van der Waals surface area contributed by atoms with Crippen LogP contribution in [0.4, 0.5) is 0 Å². The highest BCUT2D eigenvalue weighted by Gasteiger charge is 2.28. The Labute approximate surface area is 273 Å². The molecule has 2 aliphatic carbocycles. The van der Waals surface area contributed by atoms with Crippen molar-refractivity contribution < 1.29 is 47.6 Å². The van der Waals surface area contributed by atoms with Crippen molar-refractivity contribution in [3.05, 3.63) is 61.1 Å². The average Bonchev–Trinajstić information content (AvgIpc) is 3.08. The largest absolute Gasteiger partial charge is 0.463 e. The van der Waals surface area contributed by atoms with Gasteiger partial charge in [0.05, 0.1) is 37.3 Å². The van der Waals surface area contributed by atoms with Crippen LogP contribution in [0.15, 0.2) is 61.1 Å². The van der Waals surface area contributed by atoms with Gasteiger partial charge in [-0.25, -0.2) is 9.59 Å². The van der Waals surface area contributed by atoms with E-state index in [0.29, 0.717) is 82.9 Å². The number of hydrogen-bond acceptors (Lipinski definition) is 10. The molecule has 2 aliphatic rings. The molecule has 46 heavy (non-hydrogen) atoms. The van der Waals surface area contributed by atoms with Crippen molar-refractivity contribution in [3.8, 4) is 0 Å².